The number of hydrogen-bond acceptors (Lipinski definition) is 6. The Labute approximate surface area is 171 Å². The number of hydrogen-bond donors (Lipinski definition) is 0. The summed E-state index contributed by atoms with van der Waals surface area (Å²) in [5.41, 5.74) is 0.217. The molecule has 0 aliphatic carbocycles. The van der Waals surface area contributed by atoms with Crippen LogP contribution in [0.1, 0.15) is 75.6 Å². The molecule has 0 aliphatic heterocycles. The van der Waals surface area contributed by atoms with Crippen LogP contribution in [-0.2, 0) is 24.0 Å². The van der Waals surface area contributed by atoms with Crippen molar-refractivity contribution in [3.05, 3.63) is 35.9 Å². The smallest absolute Gasteiger partial charge is 0.228 e. The molecule has 0 amide bonds. The Hall–Kier alpha value is -2.76. The molecule has 0 N–H and O–H groups in total. The lowest BCUT2D eigenvalue weighted by atomic mass is 9.87. The highest BCUT2D eigenvalue weighted by molar-refractivity contribution is 6.44. The monoisotopic (exact) mass is 400 g/mol. The van der Waals surface area contributed by atoms with E-state index in [1.54, 1.807) is 25.1 Å². The minimum atomic E-state index is -0.846. The lowest BCUT2D eigenvalue weighted by Gasteiger charge is -2.14. The van der Waals surface area contributed by atoms with Gasteiger partial charge < -0.3 is 0 Å². The van der Waals surface area contributed by atoms with Crippen molar-refractivity contribution in [2.24, 2.45) is 5.92 Å². The molecule has 0 spiro atoms. The Morgan fingerprint density at radius 3 is 1.79 bits per heavy atom. The number of rotatable bonds is 15. The van der Waals surface area contributed by atoms with E-state index >= 15 is 0 Å². The molecule has 0 aromatic heterocycles. The second-order valence-electron chi connectivity index (χ2n) is 7.10. The molecule has 0 radical (unpaired) electrons. The van der Waals surface area contributed by atoms with Crippen LogP contribution in [-0.4, -0.2) is 34.7 Å². The molecule has 1 rings (SSSR count). The maximum absolute atomic E-state index is 12.4. The quantitative estimate of drug-likeness (QED) is 0.254. The molecule has 1 aromatic carbocycles. The molecule has 0 heterocycles. The molecule has 0 saturated heterocycles. The van der Waals surface area contributed by atoms with Gasteiger partial charge in [-0.15, -0.1) is 0 Å². The predicted octanol–water partition coefficient (Wildman–Crippen LogP) is 3.49. The van der Waals surface area contributed by atoms with E-state index in [0.29, 0.717) is 6.42 Å². The summed E-state index contributed by atoms with van der Waals surface area (Å²) >= 11 is 0. The number of ketones is 6. The third-order valence-electron chi connectivity index (χ3n) is 4.66. The molecular weight excluding hydrogens is 372 g/mol. The largest absolute Gasteiger partial charge is 0.291 e. The fraction of sp³-hybridized carbons (Fsp3) is 0.478. The minimum absolute atomic E-state index is 0.0202. The van der Waals surface area contributed by atoms with Crippen LogP contribution in [0.4, 0.5) is 0 Å². The Kier molecular flexibility index (Phi) is 10.6. The number of benzene rings is 1. The third kappa shape index (κ3) is 8.42. The van der Waals surface area contributed by atoms with E-state index in [1.165, 1.54) is 12.1 Å². The first kappa shape index (κ1) is 24.3. The number of Topliss-reactive ketones (excluding diaryl/α,β-unsaturated/α-hetero) is 6. The summed E-state index contributed by atoms with van der Waals surface area (Å²) in [5.74, 6) is -4.80. The van der Waals surface area contributed by atoms with Crippen LogP contribution in [0.3, 0.4) is 0 Å². The van der Waals surface area contributed by atoms with Gasteiger partial charge in [-0.1, -0.05) is 57.0 Å². The van der Waals surface area contributed by atoms with Gasteiger partial charge in [-0.2, -0.15) is 0 Å². The van der Waals surface area contributed by atoms with Gasteiger partial charge in [0.2, 0.25) is 11.6 Å². The van der Waals surface area contributed by atoms with Crippen LogP contribution in [0.15, 0.2) is 30.3 Å². The molecule has 0 aliphatic rings. The first-order valence-electron chi connectivity index (χ1n) is 10.0. The van der Waals surface area contributed by atoms with Gasteiger partial charge in [-0.05, 0) is 12.3 Å². The van der Waals surface area contributed by atoms with E-state index < -0.39 is 40.6 Å². The number of unbranched alkanes of at least 4 members (excludes halogenated alkanes) is 2. The molecule has 1 unspecified atom stereocenters. The van der Waals surface area contributed by atoms with E-state index in [9.17, 15) is 28.8 Å². The third-order valence-corrected chi connectivity index (χ3v) is 4.66. The van der Waals surface area contributed by atoms with Crippen molar-refractivity contribution in [2.45, 2.75) is 65.2 Å². The van der Waals surface area contributed by atoms with E-state index in [-0.39, 0.29) is 37.7 Å². The van der Waals surface area contributed by atoms with Crippen molar-refractivity contribution < 1.29 is 28.8 Å². The van der Waals surface area contributed by atoms with Gasteiger partial charge in [0.1, 0.15) is 0 Å². The molecule has 0 fully saturated rings. The van der Waals surface area contributed by atoms with Gasteiger partial charge in [0.25, 0.3) is 0 Å². The predicted molar refractivity (Wildman–Crippen MR) is 108 cm³/mol. The Balaban J connectivity index is 2.84. The van der Waals surface area contributed by atoms with Crippen molar-refractivity contribution in [1.82, 2.24) is 0 Å². The molecule has 6 nitrogen and oxygen atoms in total. The van der Waals surface area contributed by atoms with E-state index in [2.05, 4.69) is 0 Å². The first-order chi connectivity index (χ1) is 13.8. The minimum Gasteiger partial charge on any atom is -0.291 e. The van der Waals surface area contributed by atoms with Crippen molar-refractivity contribution in [2.75, 3.05) is 0 Å². The van der Waals surface area contributed by atoms with Crippen molar-refractivity contribution in [1.29, 1.82) is 0 Å². The highest BCUT2D eigenvalue weighted by Gasteiger charge is 2.28. The molecule has 1 atom stereocenters. The van der Waals surface area contributed by atoms with Gasteiger partial charge in [-0.25, -0.2) is 0 Å². The summed E-state index contributed by atoms with van der Waals surface area (Å²) in [6.07, 6.45) is 1.49. The molecule has 0 saturated carbocycles. The SMILES string of the molecule is CCCCCC(=O)C(=O)CC(CC(=O)C(=O)CC)CC(=O)C(=O)c1ccccc1. The standard InChI is InChI=1S/C23H28O6/c1-3-5-7-12-19(25)21(27)14-16(13-20(26)18(24)4-2)15-22(28)23(29)17-10-8-6-9-11-17/h6,8-11,16H,3-5,7,12-15H2,1-2H3. The van der Waals surface area contributed by atoms with Crippen LogP contribution >= 0.6 is 0 Å². The van der Waals surface area contributed by atoms with Crippen LogP contribution in [0, 0.1) is 5.92 Å². The number of carbonyl (C=O) groups excluding carboxylic acids is 6. The number of carbonyl (C=O) groups is 6. The summed E-state index contributed by atoms with van der Waals surface area (Å²) in [4.78, 5) is 72.6. The topological polar surface area (TPSA) is 102 Å². The van der Waals surface area contributed by atoms with Gasteiger partial charge in [0.15, 0.2) is 23.1 Å². The van der Waals surface area contributed by atoms with E-state index in [0.717, 1.165) is 12.8 Å². The molecule has 29 heavy (non-hydrogen) atoms. The Morgan fingerprint density at radius 1 is 0.690 bits per heavy atom. The lowest BCUT2D eigenvalue weighted by molar-refractivity contribution is -0.139. The normalized spacial score (nSPS) is 11.5. The summed E-state index contributed by atoms with van der Waals surface area (Å²) in [7, 11) is 0. The summed E-state index contributed by atoms with van der Waals surface area (Å²) in [5, 5.41) is 0. The van der Waals surface area contributed by atoms with Crippen LogP contribution in [0.25, 0.3) is 0 Å². The molecule has 156 valence electrons. The molecule has 1 aromatic rings. The van der Waals surface area contributed by atoms with Crippen molar-refractivity contribution in [3.8, 4) is 0 Å². The first-order valence-corrected chi connectivity index (χ1v) is 10.0. The van der Waals surface area contributed by atoms with Gasteiger partial charge in [-0.3, -0.25) is 28.8 Å². The second-order valence-corrected chi connectivity index (χ2v) is 7.10. The average molecular weight is 400 g/mol. The van der Waals surface area contributed by atoms with Gasteiger partial charge in [0.05, 0.1) is 0 Å². The summed E-state index contributed by atoms with van der Waals surface area (Å²) < 4.78 is 0. The Morgan fingerprint density at radius 2 is 1.24 bits per heavy atom. The molecular formula is C23H28O6. The van der Waals surface area contributed by atoms with Gasteiger partial charge >= 0.3 is 0 Å². The fourth-order valence-corrected chi connectivity index (χ4v) is 2.95. The summed E-state index contributed by atoms with van der Waals surface area (Å²) in [6, 6.07) is 7.97. The maximum atomic E-state index is 12.4. The lowest BCUT2D eigenvalue weighted by Crippen LogP contribution is -2.26. The van der Waals surface area contributed by atoms with Crippen molar-refractivity contribution in [3.63, 3.8) is 0 Å². The zero-order valence-electron chi connectivity index (χ0n) is 17.1. The Bertz CT molecular complexity index is 763. The fourth-order valence-electron chi connectivity index (χ4n) is 2.95. The highest BCUT2D eigenvalue weighted by atomic mass is 16.2. The van der Waals surface area contributed by atoms with Crippen molar-refractivity contribution >= 4 is 34.7 Å². The second kappa shape index (κ2) is 12.6. The average Bonchev–Trinajstić information content (AvgIpc) is 2.72. The van der Waals surface area contributed by atoms with Crippen LogP contribution in [0.2, 0.25) is 0 Å². The molecule has 6 heteroatoms. The summed E-state index contributed by atoms with van der Waals surface area (Å²) in [6.45, 7) is 3.52. The zero-order valence-corrected chi connectivity index (χ0v) is 17.1. The zero-order chi connectivity index (χ0) is 21.8. The van der Waals surface area contributed by atoms with Gasteiger partial charge in [0, 0.05) is 37.7 Å². The van der Waals surface area contributed by atoms with E-state index in [1.807, 2.05) is 6.92 Å². The molecule has 0 bridgehead atoms. The van der Waals surface area contributed by atoms with E-state index in [4.69, 9.17) is 0 Å². The van der Waals surface area contributed by atoms with Crippen LogP contribution in [0.5, 0.6) is 0 Å². The van der Waals surface area contributed by atoms with Crippen LogP contribution < -0.4 is 0 Å². The highest BCUT2D eigenvalue weighted by Crippen LogP contribution is 2.19. The maximum Gasteiger partial charge on any atom is 0.228 e.